The number of halogens is 2. The van der Waals surface area contributed by atoms with Crippen LogP contribution in [0, 0.1) is 5.82 Å². The number of para-hydroxylation sites is 2. The van der Waals surface area contributed by atoms with Crippen LogP contribution in [0.5, 0.6) is 17.2 Å². The highest BCUT2D eigenvalue weighted by Gasteiger charge is 2.42. The van der Waals surface area contributed by atoms with E-state index >= 15 is 0 Å². The Labute approximate surface area is 189 Å². The maximum Gasteiger partial charge on any atom is 0.321 e. The molecule has 0 saturated carbocycles. The van der Waals surface area contributed by atoms with Gasteiger partial charge in [0.05, 0.1) is 12.1 Å². The quantitative estimate of drug-likeness (QED) is 0.543. The van der Waals surface area contributed by atoms with E-state index in [4.69, 9.17) is 21.1 Å². The second-order valence-corrected chi connectivity index (χ2v) is 9.71. The molecule has 32 heavy (non-hydrogen) atoms. The average Bonchev–Trinajstić information content (AvgIpc) is 2.76. The predicted molar refractivity (Wildman–Crippen MR) is 118 cm³/mol. The lowest BCUT2D eigenvalue weighted by Gasteiger charge is -2.38. The molecule has 0 amide bonds. The zero-order chi connectivity index (χ0) is 22.5. The molecule has 0 bridgehead atoms. The molecule has 0 saturated heterocycles. The monoisotopic (exact) mass is 474 g/mol. The molecule has 2 aliphatic heterocycles. The third-order valence-electron chi connectivity index (χ3n) is 5.35. The Morgan fingerprint density at radius 2 is 1.88 bits per heavy atom. The number of hydrogen-bond acceptors (Lipinski definition) is 5. The van der Waals surface area contributed by atoms with Gasteiger partial charge >= 0.3 is 5.96 Å². The van der Waals surface area contributed by atoms with Crippen LogP contribution in [0.25, 0.3) is 0 Å². The third kappa shape index (κ3) is 3.48. The van der Waals surface area contributed by atoms with Gasteiger partial charge in [0, 0.05) is 5.56 Å². The van der Waals surface area contributed by atoms with Crippen LogP contribution < -0.4 is 14.8 Å². The van der Waals surface area contributed by atoms with Gasteiger partial charge in [0.15, 0.2) is 11.6 Å². The minimum Gasteiger partial charge on any atom is -0.450 e. The first kappa shape index (κ1) is 20.7. The van der Waals surface area contributed by atoms with E-state index < -0.39 is 15.8 Å². The van der Waals surface area contributed by atoms with Crippen LogP contribution in [0.2, 0.25) is 5.02 Å². The van der Waals surface area contributed by atoms with Gasteiger partial charge in [-0.15, -0.1) is 0 Å². The van der Waals surface area contributed by atoms with E-state index in [0.717, 1.165) is 23.4 Å². The molecule has 0 aliphatic carbocycles. The van der Waals surface area contributed by atoms with Crippen molar-refractivity contribution < 1.29 is 26.8 Å². The fourth-order valence-corrected chi connectivity index (χ4v) is 5.07. The first-order valence-electron chi connectivity index (χ1n) is 9.69. The molecule has 2 heterocycles. The molecule has 10 heteroatoms. The second kappa shape index (κ2) is 7.47. The molecular weight excluding hydrogens is 457 g/mol. The number of anilines is 1. The topological polar surface area (TPSA) is 77.0 Å². The minimum absolute atomic E-state index is 0.0116. The van der Waals surface area contributed by atoms with Gasteiger partial charge < -0.3 is 9.47 Å². The maximum atomic E-state index is 14.8. The van der Waals surface area contributed by atoms with Gasteiger partial charge in [-0.25, -0.2) is 8.87 Å². The lowest BCUT2D eigenvalue weighted by Crippen LogP contribution is -2.56. The number of sulfonamides is 1. The van der Waals surface area contributed by atoms with Crippen molar-refractivity contribution in [1.82, 2.24) is 0 Å². The van der Waals surface area contributed by atoms with Crippen LogP contribution in [-0.2, 0) is 16.6 Å². The summed E-state index contributed by atoms with van der Waals surface area (Å²) in [5, 5.41) is 3.26. The predicted octanol–water partition coefficient (Wildman–Crippen LogP) is 4.74. The normalized spacial score (nSPS) is 20.8. The molecule has 3 aromatic carbocycles. The number of guanidine groups is 1. The number of ether oxygens (including phenoxy) is 2. The summed E-state index contributed by atoms with van der Waals surface area (Å²) in [5.74, 6) is 0.00513. The van der Waals surface area contributed by atoms with E-state index in [1.807, 2.05) is 24.3 Å². The molecule has 5 rings (SSSR count). The molecule has 7 nitrogen and oxygen atoms in total. The first-order valence-corrected chi connectivity index (χ1v) is 11.5. The van der Waals surface area contributed by atoms with Crippen molar-refractivity contribution >= 4 is 33.3 Å². The van der Waals surface area contributed by atoms with Crippen molar-refractivity contribution in [3.63, 3.8) is 0 Å². The first-order chi connectivity index (χ1) is 15.3. The van der Waals surface area contributed by atoms with Crippen LogP contribution in [0.1, 0.15) is 5.56 Å². The summed E-state index contributed by atoms with van der Waals surface area (Å²) >= 11 is 6.16. The lowest BCUT2D eigenvalue weighted by atomic mass is 10.1. The molecule has 0 spiro atoms. The number of fused-ring (bicyclic) bond motifs is 2. The summed E-state index contributed by atoms with van der Waals surface area (Å²) in [6, 6.07) is 16.2. The smallest absolute Gasteiger partial charge is 0.321 e. The Balaban J connectivity index is 1.58. The fraction of sp³-hybridized carbons (Fsp3) is 0.136. The highest BCUT2D eigenvalue weighted by Crippen LogP contribution is 2.42. The average molecular weight is 475 g/mol. The number of hydrogen-bond donors (Lipinski definition) is 1. The standard InChI is InChI=1S/C22H18ClFN3O4S/c1-27(12-14-6-2-4-8-17(14)30-13-27)22-25-20-19(32(28,29)26-22)11-10-16(24)21(20)31-18-9-5-3-7-15(18)23/h2-11H,12-13H2,1H3,(H,25,26)/q+1. The van der Waals surface area contributed by atoms with Crippen molar-refractivity contribution in [2.45, 2.75) is 11.4 Å². The Hall–Kier alpha value is -3.14. The summed E-state index contributed by atoms with van der Waals surface area (Å²) in [5.41, 5.74) is 0.869. The number of nitrogens with one attached hydrogen (secondary N) is 1. The summed E-state index contributed by atoms with van der Waals surface area (Å²) in [4.78, 5) is -0.186. The molecule has 3 aromatic rings. The molecule has 0 fully saturated rings. The number of quaternary nitrogens is 1. The van der Waals surface area contributed by atoms with E-state index in [1.54, 1.807) is 31.3 Å². The third-order valence-corrected chi connectivity index (χ3v) is 6.97. The molecule has 0 aromatic heterocycles. The van der Waals surface area contributed by atoms with E-state index in [-0.39, 0.29) is 44.3 Å². The highest BCUT2D eigenvalue weighted by molar-refractivity contribution is 7.90. The van der Waals surface area contributed by atoms with Crippen molar-refractivity contribution in [2.24, 2.45) is 4.40 Å². The number of benzene rings is 3. The minimum atomic E-state index is -4.12. The van der Waals surface area contributed by atoms with Crippen LogP contribution in [0.15, 0.2) is 70.0 Å². The Kier molecular flexibility index (Phi) is 4.85. The van der Waals surface area contributed by atoms with Crippen molar-refractivity contribution in [1.29, 1.82) is 0 Å². The van der Waals surface area contributed by atoms with Crippen molar-refractivity contribution in [3.8, 4) is 17.2 Å². The largest absolute Gasteiger partial charge is 0.450 e. The Morgan fingerprint density at radius 3 is 2.69 bits per heavy atom. The molecule has 2 aliphatic rings. The number of rotatable bonds is 2. The van der Waals surface area contributed by atoms with Gasteiger partial charge in [0.1, 0.15) is 28.6 Å². The fourth-order valence-electron chi connectivity index (χ4n) is 3.69. The molecule has 164 valence electrons. The van der Waals surface area contributed by atoms with Crippen LogP contribution >= 0.6 is 11.6 Å². The van der Waals surface area contributed by atoms with Crippen LogP contribution in [0.3, 0.4) is 0 Å². The zero-order valence-electron chi connectivity index (χ0n) is 16.9. The van der Waals surface area contributed by atoms with Crippen LogP contribution in [0.4, 0.5) is 10.1 Å². The highest BCUT2D eigenvalue weighted by atomic mass is 35.5. The second-order valence-electron chi connectivity index (χ2n) is 7.73. The lowest BCUT2D eigenvalue weighted by molar-refractivity contribution is -0.855. The summed E-state index contributed by atoms with van der Waals surface area (Å²) in [6.07, 6.45) is 0. The molecule has 0 radical (unpaired) electrons. The Bertz CT molecular complexity index is 1380. The van der Waals surface area contributed by atoms with E-state index in [9.17, 15) is 12.8 Å². The van der Waals surface area contributed by atoms with Crippen molar-refractivity contribution in [3.05, 3.63) is 77.1 Å². The molecule has 1 unspecified atom stereocenters. The van der Waals surface area contributed by atoms with Gasteiger partial charge in [-0.3, -0.25) is 5.32 Å². The van der Waals surface area contributed by atoms with Gasteiger partial charge in [0.2, 0.25) is 6.73 Å². The summed E-state index contributed by atoms with van der Waals surface area (Å²) < 4.78 is 56.4. The summed E-state index contributed by atoms with van der Waals surface area (Å²) in [7, 11) is -2.34. The van der Waals surface area contributed by atoms with E-state index in [0.29, 0.717) is 6.54 Å². The van der Waals surface area contributed by atoms with Gasteiger partial charge in [-0.05, 0) is 36.4 Å². The molecule has 1 N–H and O–H groups in total. The maximum absolute atomic E-state index is 14.8. The number of nitrogens with zero attached hydrogens (tertiary/aromatic N) is 2. The molecular formula is C22H18ClFN3O4S+. The molecule has 1 atom stereocenters. The van der Waals surface area contributed by atoms with Crippen molar-refractivity contribution in [2.75, 3.05) is 19.1 Å². The van der Waals surface area contributed by atoms with Gasteiger partial charge in [-0.2, -0.15) is 8.42 Å². The van der Waals surface area contributed by atoms with Gasteiger partial charge in [-0.1, -0.05) is 40.3 Å². The Morgan fingerprint density at radius 1 is 1.12 bits per heavy atom. The SMILES string of the molecule is C[N+]1(C2=NS(=O)(=O)c3ccc(F)c(Oc4ccccc4Cl)c3N2)COc2ccccc2C1. The van der Waals surface area contributed by atoms with Gasteiger partial charge in [0.25, 0.3) is 10.0 Å². The summed E-state index contributed by atoms with van der Waals surface area (Å²) in [6.45, 7) is 0.576. The van der Waals surface area contributed by atoms with E-state index in [2.05, 4.69) is 9.71 Å². The zero-order valence-corrected chi connectivity index (χ0v) is 18.5. The van der Waals surface area contributed by atoms with E-state index in [1.165, 1.54) is 0 Å². The van der Waals surface area contributed by atoms with Crippen LogP contribution in [-0.4, -0.2) is 32.6 Å².